The van der Waals surface area contributed by atoms with Gasteiger partial charge in [0.25, 0.3) is 0 Å². The fraction of sp³-hybridized carbons (Fsp3) is 0.462. The first-order valence-corrected chi connectivity index (χ1v) is 5.63. The van der Waals surface area contributed by atoms with Crippen LogP contribution in [0.15, 0.2) is 18.2 Å². The smallest absolute Gasteiger partial charge is 0.124 e. The summed E-state index contributed by atoms with van der Waals surface area (Å²) in [6.07, 6.45) is 1.38. The third kappa shape index (κ3) is 3.43. The number of anilines is 1. The molecule has 17 heavy (non-hydrogen) atoms. The van der Waals surface area contributed by atoms with E-state index in [0.717, 1.165) is 6.42 Å². The second-order valence-electron chi connectivity index (χ2n) is 4.31. The summed E-state index contributed by atoms with van der Waals surface area (Å²) < 4.78 is 13.0. The first-order chi connectivity index (χ1) is 8.04. The Labute approximate surface area is 101 Å². The third-order valence-electron chi connectivity index (χ3n) is 2.98. The minimum absolute atomic E-state index is 0.0699. The fourth-order valence-corrected chi connectivity index (χ4v) is 1.62. The van der Waals surface area contributed by atoms with Gasteiger partial charge in [-0.2, -0.15) is 5.26 Å². The molecule has 92 valence electrons. The van der Waals surface area contributed by atoms with Crippen molar-refractivity contribution in [1.29, 1.82) is 5.26 Å². The molecule has 0 bridgehead atoms. The van der Waals surface area contributed by atoms with E-state index in [1.807, 2.05) is 19.9 Å². The monoisotopic (exact) mass is 236 g/mol. The Bertz CT molecular complexity index is 428. The molecule has 0 aromatic heterocycles. The molecule has 1 aromatic rings. The topological polar surface area (TPSA) is 56.0 Å². The predicted octanol–water partition coefficient (Wildman–Crippen LogP) is 2.66. The van der Waals surface area contributed by atoms with Crippen LogP contribution < -0.4 is 5.32 Å². The van der Waals surface area contributed by atoms with Gasteiger partial charge in [-0.1, -0.05) is 6.92 Å². The molecule has 1 atom stereocenters. The van der Waals surface area contributed by atoms with Gasteiger partial charge in [-0.3, -0.25) is 0 Å². The predicted molar refractivity (Wildman–Crippen MR) is 65.1 cm³/mol. The van der Waals surface area contributed by atoms with Gasteiger partial charge in [0, 0.05) is 12.1 Å². The van der Waals surface area contributed by atoms with Crippen molar-refractivity contribution in [3.05, 3.63) is 29.6 Å². The zero-order valence-electron chi connectivity index (χ0n) is 10.1. The van der Waals surface area contributed by atoms with Crippen LogP contribution in [0.25, 0.3) is 0 Å². The summed E-state index contributed by atoms with van der Waals surface area (Å²) in [5.41, 5.74) is 0.590. The van der Waals surface area contributed by atoms with Gasteiger partial charge in [0.1, 0.15) is 11.9 Å². The van der Waals surface area contributed by atoms with Crippen LogP contribution in [0.3, 0.4) is 0 Å². The van der Waals surface area contributed by atoms with Gasteiger partial charge in [-0.05, 0) is 38.0 Å². The highest BCUT2D eigenvalue weighted by molar-refractivity contribution is 5.58. The summed E-state index contributed by atoms with van der Waals surface area (Å²) in [7, 11) is 0. The number of nitrogens with one attached hydrogen (secondary N) is 1. The standard InChI is InChI=1S/C13H17FN2O/c1-3-13(2,6-7-17)16-12-5-4-11(14)8-10(12)9-15/h4-5,8,16-17H,3,6-7H2,1-2H3. The van der Waals surface area contributed by atoms with E-state index in [4.69, 9.17) is 10.4 Å². The molecule has 0 spiro atoms. The highest BCUT2D eigenvalue weighted by Crippen LogP contribution is 2.24. The first-order valence-electron chi connectivity index (χ1n) is 5.63. The Kier molecular flexibility index (Phi) is 4.47. The maximum atomic E-state index is 13.0. The van der Waals surface area contributed by atoms with Crippen molar-refractivity contribution in [2.75, 3.05) is 11.9 Å². The summed E-state index contributed by atoms with van der Waals surface area (Å²) in [6.45, 7) is 4.03. The molecule has 1 rings (SSSR count). The number of nitrogens with zero attached hydrogens (tertiary/aromatic N) is 1. The Hall–Kier alpha value is -1.60. The largest absolute Gasteiger partial charge is 0.396 e. The number of hydrogen-bond acceptors (Lipinski definition) is 3. The van der Waals surface area contributed by atoms with Crippen LogP contribution in [0.1, 0.15) is 32.3 Å². The molecule has 3 nitrogen and oxygen atoms in total. The first kappa shape index (κ1) is 13.5. The lowest BCUT2D eigenvalue weighted by atomic mass is 9.94. The van der Waals surface area contributed by atoms with Crippen LogP contribution >= 0.6 is 0 Å². The average Bonchev–Trinajstić information content (AvgIpc) is 2.32. The van der Waals surface area contributed by atoms with Crippen LogP contribution in [0.4, 0.5) is 10.1 Å². The van der Waals surface area contributed by atoms with Gasteiger partial charge in [-0.15, -0.1) is 0 Å². The Morgan fingerprint density at radius 3 is 2.76 bits per heavy atom. The third-order valence-corrected chi connectivity index (χ3v) is 2.98. The number of rotatable bonds is 5. The molecule has 0 fully saturated rings. The Morgan fingerprint density at radius 1 is 1.53 bits per heavy atom. The Morgan fingerprint density at radius 2 is 2.24 bits per heavy atom. The molecule has 1 unspecified atom stereocenters. The summed E-state index contributed by atoms with van der Waals surface area (Å²) in [5, 5.41) is 21.2. The van der Waals surface area contributed by atoms with Crippen molar-refractivity contribution in [2.24, 2.45) is 0 Å². The molecule has 0 heterocycles. The van der Waals surface area contributed by atoms with Gasteiger partial charge >= 0.3 is 0 Å². The normalized spacial score (nSPS) is 13.8. The summed E-state index contributed by atoms with van der Waals surface area (Å²) in [4.78, 5) is 0. The molecule has 0 aliphatic rings. The lowest BCUT2D eigenvalue weighted by Gasteiger charge is -2.30. The van der Waals surface area contributed by atoms with Gasteiger partial charge in [-0.25, -0.2) is 4.39 Å². The molecular weight excluding hydrogens is 219 g/mol. The molecule has 0 aliphatic carbocycles. The van der Waals surface area contributed by atoms with Crippen molar-refractivity contribution in [3.63, 3.8) is 0 Å². The SMILES string of the molecule is CCC(C)(CCO)Nc1ccc(F)cc1C#N. The van der Waals surface area contributed by atoms with E-state index in [9.17, 15) is 4.39 Å². The zero-order valence-corrected chi connectivity index (χ0v) is 10.1. The van der Waals surface area contributed by atoms with Crippen LogP contribution in [-0.2, 0) is 0 Å². The van der Waals surface area contributed by atoms with Gasteiger partial charge in [0.2, 0.25) is 0 Å². The van der Waals surface area contributed by atoms with E-state index in [2.05, 4.69) is 5.32 Å². The van der Waals surface area contributed by atoms with Crippen LogP contribution in [-0.4, -0.2) is 17.3 Å². The molecule has 2 N–H and O–H groups in total. The van der Waals surface area contributed by atoms with Gasteiger partial charge in [0.05, 0.1) is 11.3 Å². The summed E-state index contributed by atoms with van der Waals surface area (Å²) in [5.74, 6) is -0.424. The van der Waals surface area contributed by atoms with E-state index in [1.165, 1.54) is 12.1 Å². The van der Waals surface area contributed by atoms with Crippen LogP contribution in [0.5, 0.6) is 0 Å². The summed E-state index contributed by atoms with van der Waals surface area (Å²) in [6, 6.07) is 6.04. The lowest BCUT2D eigenvalue weighted by molar-refractivity contribution is 0.252. The second-order valence-corrected chi connectivity index (χ2v) is 4.31. The van der Waals surface area contributed by atoms with Crippen molar-refractivity contribution in [2.45, 2.75) is 32.2 Å². The molecule has 1 aromatic carbocycles. The van der Waals surface area contributed by atoms with Gasteiger partial charge < -0.3 is 10.4 Å². The molecule has 0 amide bonds. The number of hydrogen-bond donors (Lipinski definition) is 2. The number of benzene rings is 1. The molecule has 4 heteroatoms. The fourth-order valence-electron chi connectivity index (χ4n) is 1.62. The number of nitriles is 1. The molecule has 0 aliphatic heterocycles. The van der Waals surface area contributed by atoms with Crippen molar-refractivity contribution in [1.82, 2.24) is 0 Å². The highest BCUT2D eigenvalue weighted by Gasteiger charge is 2.22. The van der Waals surface area contributed by atoms with Crippen LogP contribution in [0, 0.1) is 17.1 Å². The molecule has 0 saturated carbocycles. The van der Waals surface area contributed by atoms with Crippen molar-refractivity contribution < 1.29 is 9.50 Å². The summed E-state index contributed by atoms with van der Waals surface area (Å²) >= 11 is 0. The van der Waals surface area contributed by atoms with E-state index < -0.39 is 5.82 Å². The molecule has 0 saturated heterocycles. The quantitative estimate of drug-likeness (QED) is 0.826. The number of aliphatic hydroxyl groups excluding tert-OH is 1. The lowest BCUT2D eigenvalue weighted by Crippen LogP contribution is -2.35. The van der Waals surface area contributed by atoms with Crippen molar-refractivity contribution in [3.8, 4) is 6.07 Å². The molecule has 0 radical (unpaired) electrons. The maximum absolute atomic E-state index is 13.0. The molecular formula is C13H17FN2O. The second kappa shape index (κ2) is 5.65. The number of halogens is 1. The highest BCUT2D eigenvalue weighted by atomic mass is 19.1. The van der Waals surface area contributed by atoms with E-state index in [0.29, 0.717) is 12.1 Å². The van der Waals surface area contributed by atoms with E-state index >= 15 is 0 Å². The van der Waals surface area contributed by atoms with E-state index in [-0.39, 0.29) is 17.7 Å². The van der Waals surface area contributed by atoms with Crippen molar-refractivity contribution >= 4 is 5.69 Å². The zero-order chi connectivity index (χ0) is 12.9. The van der Waals surface area contributed by atoms with Gasteiger partial charge in [0.15, 0.2) is 0 Å². The Balaban J connectivity index is 2.98. The van der Waals surface area contributed by atoms with Crippen LogP contribution in [0.2, 0.25) is 0 Å². The number of aliphatic hydroxyl groups is 1. The minimum Gasteiger partial charge on any atom is -0.396 e. The average molecular weight is 236 g/mol. The maximum Gasteiger partial charge on any atom is 0.124 e. The minimum atomic E-state index is -0.424. The van der Waals surface area contributed by atoms with E-state index in [1.54, 1.807) is 6.07 Å².